The first-order valence-electron chi connectivity index (χ1n) is 7.54. The highest BCUT2D eigenvalue weighted by molar-refractivity contribution is 5.80. The number of hydrogen-bond acceptors (Lipinski definition) is 3. The molecule has 0 aliphatic rings. The maximum absolute atomic E-state index is 5.29. The summed E-state index contributed by atoms with van der Waals surface area (Å²) >= 11 is 0. The largest absolute Gasteiger partial charge is 0.497 e. The summed E-state index contributed by atoms with van der Waals surface area (Å²) in [5.74, 6) is 0.860. The average molecular weight is 295 g/mol. The van der Waals surface area contributed by atoms with E-state index < -0.39 is 0 Å². The van der Waals surface area contributed by atoms with E-state index in [9.17, 15) is 0 Å². The fourth-order valence-electron chi connectivity index (χ4n) is 2.79. The molecule has 0 saturated heterocycles. The van der Waals surface area contributed by atoms with E-state index in [1.807, 2.05) is 31.4 Å². The third-order valence-corrected chi connectivity index (χ3v) is 3.95. The highest BCUT2D eigenvalue weighted by Gasteiger charge is 2.16. The molecule has 4 heteroatoms. The maximum Gasteiger partial charge on any atom is 0.119 e. The molecule has 1 atom stereocenters. The lowest BCUT2D eigenvalue weighted by Gasteiger charge is -2.19. The third kappa shape index (κ3) is 2.83. The van der Waals surface area contributed by atoms with Gasteiger partial charge in [0.25, 0.3) is 0 Å². The van der Waals surface area contributed by atoms with Crippen LogP contribution in [0.2, 0.25) is 0 Å². The Balaban J connectivity index is 2.04. The summed E-state index contributed by atoms with van der Waals surface area (Å²) in [4.78, 5) is 0. The van der Waals surface area contributed by atoms with E-state index in [1.165, 1.54) is 5.56 Å². The van der Waals surface area contributed by atoms with Gasteiger partial charge in [-0.15, -0.1) is 0 Å². The fraction of sp³-hybridized carbons (Fsp3) is 0.278. The van der Waals surface area contributed by atoms with Gasteiger partial charge in [-0.3, -0.25) is 4.68 Å². The van der Waals surface area contributed by atoms with Gasteiger partial charge in [-0.25, -0.2) is 0 Å². The number of nitrogens with one attached hydrogen (secondary N) is 1. The molecule has 4 nitrogen and oxygen atoms in total. The van der Waals surface area contributed by atoms with E-state index in [1.54, 1.807) is 7.11 Å². The van der Waals surface area contributed by atoms with Crippen molar-refractivity contribution in [2.24, 2.45) is 0 Å². The highest BCUT2D eigenvalue weighted by atomic mass is 16.5. The van der Waals surface area contributed by atoms with E-state index in [0.29, 0.717) is 0 Å². The minimum Gasteiger partial charge on any atom is -0.497 e. The number of benzene rings is 2. The highest BCUT2D eigenvalue weighted by Crippen LogP contribution is 2.27. The van der Waals surface area contributed by atoms with E-state index in [2.05, 4.69) is 45.4 Å². The number of fused-ring (bicyclic) bond motifs is 1. The summed E-state index contributed by atoms with van der Waals surface area (Å²) in [7, 11) is 3.67. The Kier molecular flexibility index (Phi) is 4.39. The Hall–Kier alpha value is -2.33. The summed E-state index contributed by atoms with van der Waals surface area (Å²) in [5, 5.41) is 8.97. The van der Waals surface area contributed by atoms with Gasteiger partial charge in [0, 0.05) is 5.39 Å². The lowest BCUT2D eigenvalue weighted by Crippen LogP contribution is -2.18. The predicted octanol–water partition coefficient (Wildman–Crippen LogP) is 3.24. The van der Waals surface area contributed by atoms with Crippen molar-refractivity contribution in [2.45, 2.75) is 12.5 Å². The smallest absolute Gasteiger partial charge is 0.119 e. The van der Waals surface area contributed by atoms with Crippen molar-refractivity contribution in [2.75, 3.05) is 20.7 Å². The Morgan fingerprint density at radius 3 is 2.73 bits per heavy atom. The van der Waals surface area contributed by atoms with Crippen LogP contribution in [0.1, 0.15) is 18.0 Å². The van der Waals surface area contributed by atoms with E-state index in [4.69, 9.17) is 4.74 Å². The first-order chi connectivity index (χ1) is 10.8. The lowest BCUT2D eigenvalue weighted by molar-refractivity contribution is 0.415. The number of rotatable bonds is 6. The molecule has 2 aromatic carbocycles. The van der Waals surface area contributed by atoms with Crippen molar-refractivity contribution >= 4 is 10.9 Å². The van der Waals surface area contributed by atoms with Gasteiger partial charge in [0.05, 0.1) is 24.9 Å². The van der Waals surface area contributed by atoms with Gasteiger partial charge in [0.1, 0.15) is 5.75 Å². The normalized spacial score (nSPS) is 12.5. The van der Waals surface area contributed by atoms with Gasteiger partial charge in [-0.1, -0.05) is 30.3 Å². The monoisotopic (exact) mass is 295 g/mol. The molecule has 0 aliphatic heterocycles. The Morgan fingerprint density at radius 1 is 1.18 bits per heavy atom. The van der Waals surface area contributed by atoms with Crippen LogP contribution in [0.5, 0.6) is 5.75 Å². The second-order valence-electron chi connectivity index (χ2n) is 5.33. The summed E-state index contributed by atoms with van der Waals surface area (Å²) in [6.45, 7) is 0.942. The molecule has 1 heterocycles. The van der Waals surface area contributed by atoms with Gasteiger partial charge >= 0.3 is 0 Å². The van der Waals surface area contributed by atoms with Gasteiger partial charge in [0.15, 0.2) is 0 Å². The summed E-state index contributed by atoms with van der Waals surface area (Å²) in [5.41, 5.74) is 2.41. The van der Waals surface area contributed by atoms with Crippen LogP contribution >= 0.6 is 0 Å². The van der Waals surface area contributed by atoms with Crippen molar-refractivity contribution < 1.29 is 4.74 Å². The van der Waals surface area contributed by atoms with Crippen LogP contribution < -0.4 is 10.1 Å². The van der Waals surface area contributed by atoms with Crippen molar-refractivity contribution in [1.82, 2.24) is 15.1 Å². The molecular weight excluding hydrogens is 274 g/mol. The predicted molar refractivity (Wildman–Crippen MR) is 89.4 cm³/mol. The Bertz CT molecular complexity index is 736. The number of aromatic nitrogens is 2. The molecule has 22 heavy (non-hydrogen) atoms. The summed E-state index contributed by atoms with van der Waals surface area (Å²) in [6.07, 6.45) is 2.90. The molecule has 1 aromatic heterocycles. The number of methoxy groups -OCH3 is 1. The molecule has 0 bridgehead atoms. The molecule has 114 valence electrons. The minimum absolute atomic E-state index is 0.222. The summed E-state index contributed by atoms with van der Waals surface area (Å²) in [6, 6.07) is 16.8. The zero-order valence-corrected chi connectivity index (χ0v) is 13.0. The van der Waals surface area contributed by atoms with Crippen LogP contribution in [-0.2, 0) is 0 Å². The zero-order chi connectivity index (χ0) is 15.4. The molecule has 0 aliphatic carbocycles. The van der Waals surface area contributed by atoms with Crippen molar-refractivity contribution in [3.05, 3.63) is 60.3 Å². The van der Waals surface area contributed by atoms with Crippen LogP contribution in [0, 0.1) is 0 Å². The van der Waals surface area contributed by atoms with E-state index >= 15 is 0 Å². The number of ether oxygens (including phenoxy) is 1. The van der Waals surface area contributed by atoms with Gasteiger partial charge in [-0.2, -0.15) is 5.10 Å². The van der Waals surface area contributed by atoms with Crippen LogP contribution in [-0.4, -0.2) is 30.5 Å². The summed E-state index contributed by atoms with van der Waals surface area (Å²) < 4.78 is 7.41. The lowest BCUT2D eigenvalue weighted by atomic mass is 10.0. The second-order valence-corrected chi connectivity index (χ2v) is 5.33. The molecular formula is C18H21N3O. The third-order valence-electron chi connectivity index (χ3n) is 3.95. The number of nitrogens with zero attached hydrogens (tertiary/aromatic N) is 2. The van der Waals surface area contributed by atoms with E-state index in [0.717, 1.165) is 29.6 Å². The molecule has 0 spiro atoms. The molecule has 1 N–H and O–H groups in total. The molecule has 0 saturated carbocycles. The standard InChI is InChI=1S/C18H21N3O/c1-19-11-10-18(14-6-4-3-5-7-14)21-17-9-8-16(22-2)12-15(17)13-20-21/h3-9,12-13,18-19H,10-11H2,1-2H3. The molecule has 3 rings (SSSR count). The van der Waals surface area contributed by atoms with Crippen LogP contribution in [0.3, 0.4) is 0 Å². The van der Waals surface area contributed by atoms with Crippen molar-refractivity contribution in [3.8, 4) is 5.75 Å². The van der Waals surface area contributed by atoms with Crippen molar-refractivity contribution in [3.63, 3.8) is 0 Å². The zero-order valence-electron chi connectivity index (χ0n) is 13.0. The van der Waals surface area contributed by atoms with E-state index in [-0.39, 0.29) is 6.04 Å². The fourth-order valence-corrected chi connectivity index (χ4v) is 2.79. The van der Waals surface area contributed by atoms with Gasteiger partial charge in [0.2, 0.25) is 0 Å². The first-order valence-corrected chi connectivity index (χ1v) is 7.54. The molecule has 0 radical (unpaired) electrons. The Morgan fingerprint density at radius 2 is 2.00 bits per heavy atom. The molecule has 3 aromatic rings. The van der Waals surface area contributed by atoms with Crippen molar-refractivity contribution in [1.29, 1.82) is 0 Å². The average Bonchev–Trinajstić information content (AvgIpc) is 2.99. The topological polar surface area (TPSA) is 39.1 Å². The van der Waals surface area contributed by atoms with Gasteiger partial charge in [-0.05, 0) is 43.8 Å². The Labute approximate surface area is 130 Å². The number of hydrogen-bond donors (Lipinski definition) is 1. The SMILES string of the molecule is CNCCC(c1ccccc1)n1ncc2cc(OC)ccc21. The maximum atomic E-state index is 5.29. The molecule has 0 amide bonds. The molecule has 0 fully saturated rings. The van der Waals surface area contributed by atoms with Crippen LogP contribution in [0.4, 0.5) is 0 Å². The quantitative estimate of drug-likeness (QED) is 0.759. The minimum atomic E-state index is 0.222. The first kappa shape index (κ1) is 14.6. The van der Waals surface area contributed by atoms with Crippen LogP contribution in [0.25, 0.3) is 10.9 Å². The molecule has 1 unspecified atom stereocenters. The van der Waals surface area contributed by atoms with Crippen LogP contribution in [0.15, 0.2) is 54.7 Å². The van der Waals surface area contributed by atoms with Gasteiger partial charge < -0.3 is 10.1 Å². The second kappa shape index (κ2) is 6.62.